The van der Waals surface area contributed by atoms with Crippen molar-refractivity contribution in [2.75, 3.05) is 103 Å². The van der Waals surface area contributed by atoms with E-state index in [1.54, 1.807) is 21.3 Å². The van der Waals surface area contributed by atoms with Gasteiger partial charge in [-0.05, 0) is 169 Å². The van der Waals surface area contributed by atoms with E-state index < -0.39 is 18.3 Å². The van der Waals surface area contributed by atoms with Gasteiger partial charge in [0.15, 0.2) is 0 Å². The smallest absolute Gasteiger partial charge is 0.122 e. The van der Waals surface area contributed by atoms with Gasteiger partial charge in [0, 0.05) is 19.6 Å². The molecule has 0 spiro atoms. The van der Waals surface area contributed by atoms with Crippen molar-refractivity contribution in [1.82, 2.24) is 14.7 Å². The summed E-state index contributed by atoms with van der Waals surface area (Å²) in [6, 6.07) is 48.5. The average molecular weight is 988 g/mol. The first kappa shape index (κ1) is 58.5. The van der Waals surface area contributed by atoms with E-state index in [9.17, 15) is 15.3 Å². The Morgan fingerprint density at radius 1 is 0.333 bits per heavy atom. The fraction of sp³-hybridized carbons (Fsp3) is 0.400. The number of hydrogen-bond acceptors (Lipinski definition) is 12. The monoisotopic (exact) mass is 988 g/mol. The van der Waals surface area contributed by atoms with E-state index >= 15 is 0 Å². The summed E-state index contributed by atoms with van der Waals surface area (Å²) in [6.07, 6.45) is 4.02. The number of para-hydroxylation sites is 3. The van der Waals surface area contributed by atoms with Crippen LogP contribution in [0.3, 0.4) is 0 Å². The van der Waals surface area contributed by atoms with Crippen molar-refractivity contribution < 1.29 is 43.7 Å². The number of nitrogens with zero attached hydrogens (tertiary/aromatic N) is 3. The van der Waals surface area contributed by atoms with Crippen molar-refractivity contribution >= 4 is 0 Å². The van der Waals surface area contributed by atoms with Crippen LogP contribution in [0, 0.1) is 0 Å². The Balaban J connectivity index is 0.000000234. The minimum absolute atomic E-state index is 0.303. The summed E-state index contributed by atoms with van der Waals surface area (Å²) in [7, 11) is 16.6. The number of rotatable bonds is 27. The topological polar surface area (TPSA) is 126 Å². The second-order valence-electron chi connectivity index (χ2n) is 18.5. The highest BCUT2D eigenvalue weighted by Gasteiger charge is 2.12. The molecule has 0 bridgehead atoms. The quantitative estimate of drug-likeness (QED) is 0.0460. The highest BCUT2D eigenvalue weighted by atomic mass is 16.5. The number of aliphatic hydroxyl groups is 3. The summed E-state index contributed by atoms with van der Waals surface area (Å²) in [5, 5.41) is 29.9. The lowest BCUT2D eigenvalue weighted by Gasteiger charge is -2.18. The fourth-order valence-electron chi connectivity index (χ4n) is 7.75. The summed E-state index contributed by atoms with van der Waals surface area (Å²) in [6.45, 7) is 2.68. The van der Waals surface area contributed by atoms with Crippen LogP contribution in [0.15, 0.2) is 146 Å². The van der Waals surface area contributed by atoms with Crippen molar-refractivity contribution in [1.29, 1.82) is 0 Å². The van der Waals surface area contributed by atoms with E-state index in [0.29, 0.717) is 39.5 Å². The first-order valence-electron chi connectivity index (χ1n) is 24.7. The summed E-state index contributed by atoms with van der Waals surface area (Å²) in [5.74, 6) is 5.17. The maximum absolute atomic E-state index is 9.95. The molecular formula is C60H81N3O9. The van der Waals surface area contributed by atoms with Crippen molar-refractivity contribution in [2.24, 2.45) is 0 Å². The third-order valence-electron chi connectivity index (χ3n) is 11.5. The Morgan fingerprint density at radius 3 is 0.792 bits per heavy atom. The Morgan fingerprint density at radius 2 is 0.569 bits per heavy atom. The molecule has 3 N–H and O–H groups in total. The molecule has 3 atom stereocenters. The van der Waals surface area contributed by atoms with Crippen LogP contribution in [0.4, 0.5) is 0 Å². The van der Waals surface area contributed by atoms with Crippen molar-refractivity contribution in [3.63, 3.8) is 0 Å². The average Bonchev–Trinajstić information content (AvgIpc) is 3.38. The molecule has 0 aromatic heterocycles. The molecule has 390 valence electrons. The lowest BCUT2D eigenvalue weighted by molar-refractivity contribution is 0.0826. The first-order chi connectivity index (χ1) is 34.7. The Bertz CT molecular complexity index is 2100. The molecule has 0 aliphatic heterocycles. The number of ether oxygens (including phenoxy) is 6. The van der Waals surface area contributed by atoms with E-state index in [-0.39, 0.29) is 0 Å². The molecule has 6 rings (SSSR count). The fourth-order valence-corrected chi connectivity index (χ4v) is 7.75. The molecule has 12 nitrogen and oxygen atoms in total. The number of benzene rings is 6. The second-order valence-corrected chi connectivity index (χ2v) is 18.5. The molecule has 0 fully saturated rings. The predicted octanol–water partition coefficient (Wildman–Crippen LogP) is 8.35. The lowest BCUT2D eigenvalue weighted by atomic mass is 10.0. The van der Waals surface area contributed by atoms with E-state index in [4.69, 9.17) is 28.4 Å². The van der Waals surface area contributed by atoms with Crippen molar-refractivity contribution in [3.05, 3.63) is 179 Å². The zero-order valence-electron chi connectivity index (χ0n) is 44.2. The van der Waals surface area contributed by atoms with Crippen LogP contribution in [0.25, 0.3) is 0 Å². The second kappa shape index (κ2) is 32.8. The highest BCUT2D eigenvalue weighted by Crippen LogP contribution is 2.24. The zero-order valence-corrected chi connectivity index (χ0v) is 44.2. The van der Waals surface area contributed by atoms with E-state index in [1.807, 2.05) is 148 Å². The number of aliphatic hydroxyl groups excluding tert-OH is 3. The zero-order chi connectivity index (χ0) is 52.1. The summed E-state index contributed by atoms with van der Waals surface area (Å²) in [5.41, 5.74) is 7.26. The van der Waals surface area contributed by atoms with Gasteiger partial charge >= 0.3 is 0 Å². The summed E-state index contributed by atoms with van der Waals surface area (Å²) in [4.78, 5) is 5.84. The maximum Gasteiger partial charge on any atom is 0.122 e. The van der Waals surface area contributed by atoms with Crippen LogP contribution in [-0.2, 0) is 38.5 Å². The molecule has 0 aliphatic carbocycles. The van der Waals surface area contributed by atoms with E-state index in [2.05, 4.69) is 54.6 Å². The number of methoxy groups -OCH3 is 3. The molecule has 0 amide bonds. The van der Waals surface area contributed by atoms with Gasteiger partial charge in [0.25, 0.3) is 0 Å². The van der Waals surface area contributed by atoms with Gasteiger partial charge in [-0.1, -0.05) is 91.0 Å². The molecule has 12 heteroatoms. The van der Waals surface area contributed by atoms with Crippen molar-refractivity contribution in [3.8, 4) is 34.5 Å². The van der Waals surface area contributed by atoms with Crippen LogP contribution in [0.1, 0.15) is 33.4 Å². The van der Waals surface area contributed by atoms with Gasteiger partial charge in [0.1, 0.15) is 72.6 Å². The number of aryl methyl sites for hydroxylation is 6. The predicted molar refractivity (Wildman–Crippen MR) is 291 cm³/mol. The molecule has 1 unspecified atom stereocenters. The van der Waals surface area contributed by atoms with Gasteiger partial charge in [0.2, 0.25) is 0 Å². The van der Waals surface area contributed by atoms with E-state index in [0.717, 1.165) is 89.7 Å². The summed E-state index contributed by atoms with van der Waals surface area (Å²) < 4.78 is 33.0. The van der Waals surface area contributed by atoms with Gasteiger partial charge in [-0.3, -0.25) is 0 Å². The summed E-state index contributed by atoms with van der Waals surface area (Å²) >= 11 is 0. The third-order valence-corrected chi connectivity index (χ3v) is 11.5. The van der Waals surface area contributed by atoms with Gasteiger partial charge in [-0.2, -0.15) is 0 Å². The number of likely N-dealkylation sites (N-methyl/N-ethyl adjacent to an activating group) is 3. The molecule has 0 saturated heterocycles. The molecule has 0 saturated carbocycles. The Kier molecular flexibility index (Phi) is 26.6. The minimum atomic E-state index is -0.491. The van der Waals surface area contributed by atoms with Gasteiger partial charge in [-0.15, -0.1) is 0 Å². The Labute approximate surface area is 430 Å². The van der Waals surface area contributed by atoms with Gasteiger partial charge < -0.3 is 58.4 Å². The van der Waals surface area contributed by atoms with Crippen LogP contribution in [-0.4, -0.2) is 151 Å². The Hall–Kier alpha value is -6.12. The maximum atomic E-state index is 9.95. The van der Waals surface area contributed by atoms with Crippen LogP contribution in [0.2, 0.25) is 0 Å². The van der Waals surface area contributed by atoms with Crippen molar-refractivity contribution in [2.45, 2.75) is 56.8 Å². The lowest BCUT2D eigenvalue weighted by Crippen LogP contribution is -2.30. The molecule has 72 heavy (non-hydrogen) atoms. The number of hydrogen-bond donors (Lipinski definition) is 3. The molecule has 6 aromatic rings. The molecule has 0 radical (unpaired) electrons. The minimum Gasteiger partial charge on any atom is -0.497 e. The van der Waals surface area contributed by atoms with Gasteiger partial charge in [0.05, 0.1) is 21.3 Å². The highest BCUT2D eigenvalue weighted by molar-refractivity contribution is 5.37. The first-order valence-corrected chi connectivity index (χ1v) is 24.7. The largest absolute Gasteiger partial charge is 0.497 e. The van der Waals surface area contributed by atoms with Crippen LogP contribution >= 0.6 is 0 Å². The van der Waals surface area contributed by atoms with Crippen LogP contribution < -0.4 is 28.4 Å². The normalized spacial score (nSPS) is 12.2. The molecule has 0 heterocycles. The molecule has 0 aliphatic rings. The van der Waals surface area contributed by atoms with Crippen LogP contribution in [0.5, 0.6) is 34.5 Å². The standard InChI is InChI=1S/3C20H27NO3/c3*1-21(2)14-18(22)15-24-20-7-5-4-6-17(20)11-8-16-9-12-19(23-3)13-10-16/h3*4-7,9-10,12-13,18,22H,8,11,14-15H2,1-3H3/t2*18-;/m10./s1. The van der Waals surface area contributed by atoms with Gasteiger partial charge in [-0.25, -0.2) is 0 Å². The molecule has 6 aromatic carbocycles. The third kappa shape index (κ3) is 23.0. The SMILES string of the molecule is COc1ccc(CCc2ccccc2OCC(O)CN(C)C)cc1.COc1ccc(CCc2ccccc2OC[C@@H](O)CN(C)C)cc1.COc1ccc(CCc2ccccc2OC[C@H](O)CN(C)C)cc1. The van der Waals surface area contributed by atoms with E-state index in [1.165, 1.54) is 16.7 Å². The molecular weight excluding hydrogens is 907 g/mol.